The van der Waals surface area contributed by atoms with Crippen molar-refractivity contribution < 1.29 is 14.3 Å². The molecule has 1 fully saturated rings. The Kier molecular flexibility index (Phi) is 5.60. The minimum Gasteiger partial charge on any atom is -0.493 e. The maximum Gasteiger partial charge on any atom is 0.173 e. The van der Waals surface area contributed by atoms with E-state index in [1.54, 1.807) is 0 Å². The number of fused-ring (bicyclic) bond motifs is 1. The number of imidazole rings is 1. The number of nitrogens with zero attached hydrogens (tertiary/aromatic N) is 2. The first kappa shape index (κ1) is 19.4. The van der Waals surface area contributed by atoms with E-state index in [0.29, 0.717) is 12.4 Å². The number of carbonyl (C=O) groups is 1. The van der Waals surface area contributed by atoms with Gasteiger partial charge in [-0.25, -0.2) is 4.98 Å². The quantitative estimate of drug-likeness (QED) is 0.412. The molecule has 1 atom stereocenters. The van der Waals surface area contributed by atoms with Crippen molar-refractivity contribution in [3.63, 3.8) is 0 Å². The third kappa shape index (κ3) is 4.02. The zero-order valence-electron chi connectivity index (χ0n) is 16.8. The van der Waals surface area contributed by atoms with Crippen LogP contribution in [-0.4, -0.2) is 40.4 Å². The average Bonchev–Trinajstić information content (AvgIpc) is 3.54. The van der Waals surface area contributed by atoms with Gasteiger partial charge >= 0.3 is 0 Å². The summed E-state index contributed by atoms with van der Waals surface area (Å²) >= 11 is 1.50. The van der Waals surface area contributed by atoms with Crippen LogP contribution in [-0.2, 0) is 17.7 Å². The SMILES string of the molecule is O=C(CSc1ncc(-c2ccccc2)n1CC1CCCO1)c1ccc2c(c1)CCO2. The fraction of sp³-hybridized carbons (Fsp3) is 0.333. The highest BCUT2D eigenvalue weighted by Crippen LogP contribution is 2.30. The first-order valence-electron chi connectivity index (χ1n) is 10.4. The highest BCUT2D eigenvalue weighted by molar-refractivity contribution is 7.99. The second-order valence-electron chi connectivity index (χ2n) is 7.67. The van der Waals surface area contributed by atoms with E-state index in [-0.39, 0.29) is 11.9 Å². The van der Waals surface area contributed by atoms with Crippen LogP contribution in [0.3, 0.4) is 0 Å². The molecular weight excluding hydrogens is 396 g/mol. The van der Waals surface area contributed by atoms with Gasteiger partial charge in [0.25, 0.3) is 0 Å². The lowest BCUT2D eigenvalue weighted by Crippen LogP contribution is -2.17. The Balaban J connectivity index is 1.35. The van der Waals surface area contributed by atoms with Gasteiger partial charge in [-0.05, 0) is 42.2 Å². The van der Waals surface area contributed by atoms with Gasteiger partial charge in [-0.15, -0.1) is 0 Å². The smallest absolute Gasteiger partial charge is 0.173 e. The summed E-state index contributed by atoms with van der Waals surface area (Å²) < 4.78 is 13.6. The molecule has 154 valence electrons. The van der Waals surface area contributed by atoms with Crippen molar-refractivity contribution in [2.45, 2.75) is 37.1 Å². The molecule has 0 spiro atoms. The van der Waals surface area contributed by atoms with Crippen molar-refractivity contribution in [3.8, 4) is 17.0 Å². The number of Topliss-reactive ketones (excluding diaryl/α,β-unsaturated/α-hetero) is 1. The molecule has 1 aromatic heterocycles. The summed E-state index contributed by atoms with van der Waals surface area (Å²) in [6, 6.07) is 16.0. The van der Waals surface area contributed by atoms with Crippen molar-refractivity contribution in [1.29, 1.82) is 0 Å². The van der Waals surface area contributed by atoms with Gasteiger partial charge in [0.05, 0.1) is 36.9 Å². The Morgan fingerprint density at radius 2 is 2.07 bits per heavy atom. The van der Waals surface area contributed by atoms with Crippen LogP contribution in [0, 0.1) is 0 Å². The van der Waals surface area contributed by atoms with E-state index in [4.69, 9.17) is 9.47 Å². The largest absolute Gasteiger partial charge is 0.493 e. The zero-order valence-corrected chi connectivity index (χ0v) is 17.6. The van der Waals surface area contributed by atoms with E-state index in [9.17, 15) is 4.79 Å². The lowest BCUT2D eigenvalue weighted by Gasteiger charge is -2.16. The molecule has 3 heterocycles. The molecular formula is C24H24N2O3S. The molecule has 0 radical (unpaired) electrons. The fourth-order valence-corrected chi connectivity index (χ4v) is 4.94. The second-order valence-corrected chi connectivity index (χ2v) is 8.61. The molecule has 5 nitrogen and oxygen atoms in total. The number of thioether (sulfide) groups is 1. The number of hydrogen-bond donors (Lipinski definition) is 0. The molecule has 0 amide bonds. The number of rotatable bonds is 7. The molecule has 6 heteroatoms. The van der Waals surface area contributed by atoms with Crippen molar-refractivity contribution in [2.75, 3.05) is 19.0 Å². The third-order valence-corrected chi connectivity index (χ3v) is 6.63. The maximum atomic E-state index is 12.8. The van der Waals surface area contributed by atoms with Crippen LogP contribution in [0.15, 0.2) is 59.9 Å². The summed E-state index contributed by atoms with van der Waals surface area (Å²) in [6.45, 7) is 2.28. The molecule has 0 aliphatic carbocycles. The van der Waals surface area contributed by atoms with Gasteiger partial charge in [0.15, 0.2) is 10.9 Å². The molecule has 0 bridgehead atoms. The molecule has 2 aliphatic heterocycles. The fourth-order valence-electron chi connectivity index (χ4n) is 4.06. The van der Waals surface area contributed by atoms with Gasteiger partial charge in [-0.3, -0.25) is 4.79 Å². The molecule has 3 aromatic rings. The first-order valence-corrected chi connectivity index (χ1v) is 11.4. The van der Waals surface area contributed by atoms with Crippen molar-refractivity contribution in [3.05, 3.63) is 65.9 Å². The van der Waals surface area contributed by atoms with Gasteiger partial charge in [0.1, 0.15) is 5.75 Å². The Bertz CT molecular complexity index is 1040. The number of ether oxygens (including phenoxy) is 2. The Hall–Kier alpha value is -2.57. The topological polar surface area (TPSA) is 53.4 Å². The summed E-state index contributed by atoms with van der Waals surface area (Å²) in [4.78, 5) is 17.5. The molecule has 1 unspecified atom stereocenters. The number of aromatic nitrogens is 2. The first-order chi connectivity index (χ1) is 14.8. The summed E-state index contributed by atoms with van der Waals surface area (Å²) in [7, 11) is 0. The molecule has 5 rings (SSSR count). The van der Waals surface area contributed by atoms with Crippen LogP contribution in [0.25, 0.3) is 11.3 Å². The highest BCUT2D eigenvalue weighted by atomic mass is 32.2. The Morgan fingerprint density at radius 3 is 2.90 bits per heavy atom. The number of hydrogen-bond acceptors (Lipinski definition) is 5. The minimum absolute atomic E-state index is 0.114. The monoisotopic (exact) mass is 420 g/mol. The molecule has 1 saturated heterocycles. The van der Waals surface area contributed by atoms with E-state index >= 15 is 0 Å². The highest BCUT2D eigenvalue weighted by Gasteiger charge is 2.22. The number of carbonyl (C=O) groups excluding carboxylic acids is 1. The van der Waals surface area contributed by atoms with Crippen molar-refractivity contribution in [2.24, 2.45) is 0 Å². The zero-order chi connectivity index (χ0) is 20.3. The molecule has 0 N–H and O–H groups in total. The van der Waals surface area contributed by atoms with E-state index in [1.165, 1.54) is 11.8 Å². The van der Waals surface area contributed by atoms with E-state index < -0.39 is 0 Å². The molecule has 2 aromatic carbocycles. The predicted molar refractivity (Wildman–Crippen MR) is 117 cm³/mol. The van der Waals surface area contributed by atoms with Gasteiger partial charge in [-0.1, -0.05) is 42.1 Å². The van der Waals surface area contributed by atoms with Gasteiger partial charge < -0.3 is 14.0 Å². The summed E-state index contributed by atoms with van der Waals surface area (Å²) in [6.07, 6.45) is 5.14. The Morgan fingerprint density at radius 1 is 1.17 bits per heavy atom. The van der Waals surface area contributed by atoms with Gasteiger partial charge in [0, 0.05) is 18.6 Å². The lowest BCUT2D eigenvalue weighted by molar-refractivity contribution is 0.0954. The van der Waals surface area contributed by atoms with Gasteiger partial charge in [-0.2, -0.15) is 0 Å². The lowest BCUT2D eigenvalue weighted by atomic mass is 10.1. The van der Waals surface area contributed by atoms with Crippen molar-refractivity contribution >= 4 is 17.5 Å². The van der Waals surface area contributed by atoms with Crippen LogP contribution in [0.2, 0.25) is 0 Å². The van der Waals surface area contributed by atoms with Gasteiger partial charge in [0.2, 0.25) is 0 Å². The second kappa shape index (κ2) is 8.66. The number of ketones is 1. The Labute approximate surface area is 180 Å². The van der Waals surface area contributed by atoms with Crippen LogP contribution in [0.5, 0.6) is 5.75 Å². The molecule has 30 heavy (non-hydrogen) atoms. The van der Waals surface area contributed by atoms with Crippen LogP contribution < -0.4 is 4.74 Å². The third-order valence-electron chi connectivity index (χ3n) is 5.64. The van der Waals surface area contributed by atoms with Crippen molar-refractivity contribution in [1.82, 2.24) is 9.55 Å². The summed E-state index contributed by atoms with van der Waals surface area (Å²) in [5, 5.41) is 0.863. The summed E-state index contributed by atoms with van der Waals surface area (Å²) in [5.74, 6) is 1.37. The van der Waals surface area contributed by atoms with E-state index in [1.807, 2.05) is 42.6 Å². The maximum absolute atomic E-state index is 12.8. The average molecular weight is 421 g/mol. The van der Waals surface area contributed by atoms with E-state index in [0.717, 1.165) is 65.7 Å². The van der Waals surface area contributed by atoms with Crippen LogP contribution in [0.4, 0.5) is 0 Å². The summed E-state index contributed by atoms with van der Waals surface area (Å²) in [5.41, 5.74) is 4.06. The predicted octanol–water partition coefficient (Wildman–Crippen LogP) is 4.64. The number of benzene rings is 2. The standard InChI is InChI=1S/C24H24N2O3S/c27-22(18-8-9-23-19(13-18)10-12-29-23)16-30-24-25-14-21(17-5-2-1-3-6-17)26(24)15-20-7-4-11-28-20/h1-3,5-6,8-9,13-14,20H,4,7,10-12,15-16H2. The van der Waals surface area contributed by atoms with E-state index in [2.05, 4.69) is 21.7 Å². The normalized spacial score (nSPS) is 17.7. The van der Waals surface area contributed by atoms with Crippen LogP contribution >= 0.6 is 11.8 Å². The minimum atomic E-state index is 0.114. The molecule has 0 saturated carbocycles. The van der Waals surface area contributed by atoms with Crippen LogP contribution in [0.1, 0.15) is 28.8 Å². The molecule has 2 aliphatic rings.